The molecular weight excluding hydrogens is 532 g/mol. The normalized spacial score (nSPS) is 22.0. The highest BCUT2D eigenvalue weighted by Crippen LogP contribution is 2.42. The summed E-state index contributed by atoms with van der Waals surface area (Å²) in [6, 6.07) is 2.01. The third-order valence-corrected chi connectivity index (χ3v) is 7.74. The van der Waals surface area contributed by atoms with Crippen molar-refractivity contribution < 1.29 is 13.9 Å². The van der Waals surface area contributed by atoms with Crippen molar-refractivity contribution in [2.24, 2.45) is 11.8 Å². The molecule has 0 aliphatic heterocycles. The Hall–Kier alpha value is -1.95. The van der Waals surface area contributed by atoms with Crippen molar-refractivity contribution in [3.8, 4) is 11.3 Å². The van der Waals surface area contributed by atoms with E-state index in [0.29, 0.717) is 12.5 Å². The number of hydrogen-bond donors (Lipinski definition) is 1. The van der Waals surface area contributed by atoms with Gasteiger partial charge in [0.2, 0.25) is 0 Å². The summed E-state index contributed by atoms with van der Waals surface area (Å²) in [6.07, 6.45) is 13.3. The maximum absolute atomic E-state index is 13.8. The van der Waals surface area contributed by atoms with Crippen LogP contribution in [0.2, 0.25) is 0 Å². The molecule has 3 saturated carbocycles. The lowest BCUT2D eigenvalue weighted by Crippen LogP contribution is -2.40. The molecule has 3 aromatic heterocycles. The Kier molecular flexibility index (Phi) is 7.26. The third-order valence-electron chi connectivity index (χ3n) is 6.04. The SMILES string of the molecule is COC=O.Fc1cnc2c(c1)c(-c1cncc(NC3CC4CCC3CC4)n1)cn2SI. The number of nitrogens with zero attached hydrogens (tertiary/aromatic N) is 4. The van der Waals surface area contributed by atoms with Crippen molar-refractivity contribution in [2.45, 2.75) is 38.1 Å². The van der Waals surface area contributed by atoms with Crippen LogP contribution in [0.15, 0.2) is 30.9 Å². The van der Waals surface area contributed by atoms with Crippen LogP contribution in [-0.4, -0.2) is 38.5 Å². The molecular formula is C21H23FIN5O2S. The Bertz CT molecular complexity index is 1060. The van der Waals surface area contributed by atoms with E-state index in [-0.39, 0.29) is 5.82 Å². The molecule has 0 radical (unpaired) electrons. The maximum Gasteiger partial charge on any atom is 0.292 e. The largest absolute Gasteiger partial charge is 0.471 e. The Labute approximate surface area is 196 Å². The molecule has 1 N–H and O–H groups in total. The molecule has 0 amide bonds. The number of rotatable bonds is 5. The predicted octanol–water partition coefficient (Wildman–Crippen LogP) is 5.26. The van der Waals surface area contributed by atoms with E-state index in [1.807, 2.05) is 10.2 Å². The van der Waals surface area contributed by atoms with E-state index in [1.165, 1.54) is 60.6 Å². The minimum atomic E-state index is -0.347. The molecule has 2 bridgehead atoms. The van der Waals surface area contributed by atoms with E-state index in [9.17, 15) is 4.39 Å². The number of nitrogens with one attached hydrogen (secondary N) is 1. The number of methoxy groups -OCH3 is 1. The van der Waals surface area contributed by atoms with Gasteiger partial charge in [-0.1, -0.05) is 12.8 Å². The summed E-state index contributed by atoms with van der Waals surface area (Å²) in [5, 5.41) is 4.38. The smallest absolute Gasteiger partial charge is 0.292 e. The van der Waals surface area contributed by atoms with Crippen LogP contribution in [0.4, 0.5) is 10.2 Å². The number of carbonyl (C=O) groups excluding carboxylic acids is 1. The number of anilines is 1. The van der Waals surface area contributed by atoms with E-state index in [4.69, 9.17) is 9.78 Å². The summed E-state index contributed by atoms with van der Waals surface area (Å²) in [5.41, 5.74) is 2.32. The second kappa shape index (κ2) is 10.1. The first-order valence-electron chi connectivity index (χ1n) is 10.1. The predicted molar refractivity (Wildman–Crippen MR) is 128 cm³/mol. The zero-order valence-corrected chi connectivity index (χ0v) is 20.0. The highest BCUT2D eigenvalue weighted by atomic mass is 127. The second-order valence-corrected chi connectivity index (χ2v) is 9.56. The van der Waals surface area contributed by atoms with Crippen LogP contribution in [0, 0.1) is 17.7 Å². The second-order valence-electron chi connectivity index (χ2n) is 7.85. The van der Waals surface area contributed by atoms with Crippen molar-refractivity contribution in [1.82, 2.24) is 18.9 Å². The van der Waals surface area contributed by atoms with Crippen molar-refractivity contribution >= 4 is 53.6 Å². The molecule has 3 heterocycles. The molecule has 1 atom stereocenters. The average molecular weight is 555 g/mol. The van der Waals surface area contributed by atoms with Gasteiger partial charge in [0, 0.05) is 53.5 Å². The zero-order valence-electron chi connectivity index (χ0n) is 17.0. The third kappa shape index (κ3) is 4.94. The van der Waals surface area contributed by atoms with Crippen LogP contribution in [0.1, 0.15) is 32.1 Å². The standard InChI is InChI=1S/C19H19FIN5S.C2H4O2/c20-13-6-14-15(10-26(27-21)19(14)23-7-13)17-8-22-9-18(25-17)24-16-5-11-1-3-12(16)4-2-11;1-4-2-3/h6-12,16H,1-5H2,(H,24,25);2H,1H3. The van der Waals surface area contributed by atoms with Crippen molar-refractivity contribution in [2.75, 3.05) is 12.4 Å². The van der Waals surface area contributed by atoms with Gasteiger partial charge in [0.1, 0.15) is 11.6 Å². The monoisotopic (exact) mass is 555 g/mol. The van der Waals surface area contributed by atoms with Crippen molar-refractivity contribution in [3.05, 3.63) is 36.7 Å². The fourth-order valence-corrected chi connectivity index (χ4v) is 5.88. The average Bonchev–Trinajstić information content (AvgIpc) is 3.18. The molecule has 0 aromatic carbocycles. The lowest BCUT2D eigenvalue weighted by molar-refractivity contribution is -0.126. The van der Waals surface area contributed by atoms with Gasteiger partial charge in [-0.15, -0.1) is 0 Å². The molecule has 3 fully saturated rings. The van der Waals surface area contributed by atoms with Crippen LogP contribution in [0.25, 0.3) is 22.3 Å². The van der Waals surface area contributed by atoms with Gasteiger partial charge < -0.3 is 10.1 Å². The lowest BCUT2D eigenvalue weighted by Gasteiger charge is -2.42. The molecule has 10 heteroatoms. The fourth-order valence-electron chi connectivity index (χ4n) is 4.62. The maximum atomic E-state index is 13.8. The number of fused-ring (bicyclic) bond motifs is 4. The van der Waals surface area contributed by atoms with Crippen LogP contribution in [0.3, 0.4) is 0 Å². The first-order valence-corrected chi connectivity index (χ1v) is 13.5. The number of aromatic nitrogens is 4. The Morgan fingerprint density at radius 1 is 1.29 bits per heavy atom. The highest BCUT2D eigenvalue weighted by Gasteiger charge is 2.35. The quantitative estimate of drug-likeness (QED) is 0.340. The fraction of sp³-hybridized carbons (Fsp3) is 0.429. The molecule has 1 unspecified atom stereocenters. The van der Waals surface area contributed by atoms with Gasteiger partial charge in [-0.25, -0.2) is 14.4 Å². The summed E-state index contributed by atoms with van der Waals surface area (Å²) in [5.74, 6) is 2.06. The molecule has 3 aromatic rings. The van der Waals surface area contributed by atoms with E-state index in [1.54, 1.807) is 12.4 Å². The molecule has 6 rings (SSSR count). The number of ether oxygens (including phenoxy) is 1. The van der Waals surface area contributed by atoms with Crippen LogP contribution < -0.4 is 5.32 Å². The summed E-state index contributed by atoms with van der Waals surface area (Å²) < 4.78 is 19.6. The number of hydrogen-bond acceptors (Lipinski definition) is 7. The Morgan fingerprint density at radius 3 is 2.71 bits per heavy atom. The first kappa shape index (κ1) is 22.3. The summed E-state index contributed by atoms with van der Waals surface area (Å²) in [7, 11) is 2.81. The molecule has 31 heavy (non-hydrogen) atoms. The van der Waals surface area contributed by atoms with E-state index in [2.05, 4.69) is 41.2 Å². The number of halogens is 2. The zero-order chi connectivity index (χ0) is 21.8. The lowest BCUT2D eigenvalue weighted by atomic mass is 9.68. The molecule has 3 aliphatic rings. The van der Waals surface area contributed by atoms with E-state index < -0.39 is 0 Å². The van der Waals surface area contributed by atoms with E-state index in [0.717, 1.165) is 39.9 Å². The molecule has 164 valence electrons. The summed E-state index contributed by atoms with van der Waals surface area (Å²) in [4.78, 5) is 22.4. The van der Waals surface area contributed by atoms with Gasteiger partial charge in [-0.3, -0.25) is 13.8 Å². The van der Waals surface area contributed by atoms with Crippen LogP contribution >= 0.6 is 30.3 Å². The van der Waals surface area contributed by atoms with E-state index >= 15 is 0 Å². The van der Waals surface area contributed by atoms with Gasteiger partial charge in [0.15, 0.2) is 5.65 Å². The molecule has 7 nitrogen and oxygen atoms in total. The van der Waals surface area contributed by atoms with Gasteiger partial charge in [-0.2, -0.15) is 0 Å². The topological polar surface area (TPSA) is 81.9 Å². The van der Waals surface area contributed by atoms with Crippen molar-refractivity contribution in [1.29, 1.82) is 0 Å². The van der Waals surface area contributed by atoms with Gasteiger partial charge in [0.05, 0.1) is 31.4 Å². The summed E-state index contributed by atoms with van der Waals surface area (Å²) in [6.45, 7) is 0.375. The van der Waals surface area contributed by atoms with Gasteiger partial charge in [-0.05, 0) is 37.2 Å². The molecule has 0 spiro atoms. The van der Waals surface area contributed by atoms with Gasteiger partial charge in [0.25, 0.3) is 6.47 Å². The van der Waals surface area contributed by atoms with Crippen LogP contribution in [-0.2, 0) is 9.53 Å². The minimum Gasteiger partial charge on any atom is -0.471 e. The van der Waals surface area contributed by atoms with Crippen molar-refractivity contribution in [3.63, 3.8) is 0 Å². The number of carbonyl (C=O) groups is 1. The Morgan fingerprint density at radius 2 is 2.06 bits per heavy atom. The molecule has 3 aliphatic carbocycles. The minimum absolute atomic E-state index is 0.347. The number of pyridine rings is 1. The van der Waals surface area contributed by atoms with Crippen LogP contribution in [0.5, 0.6) is 0 Å². The molecule has 0 saturated heterocycles. The Balaban J connectivity index is 0.000000535. The highest BCUT2D eigenvalue weighted by molar-refractivity contribution is 14.2. The summed E-state index contributed by atoms with van der Waals surface area (Å²) >= 11 is 2.19. The van der Waals surface area contributed by atoms with Gasteiger partial charge >= 0.3 is 0 Å². The first-order chi connectivity index (χ1) is 15.1.